The van der Waals surface area contributed by atoms with Gasteiger partial charge in [0.2, 0.25) is 0 Å². The van der Waals surface area contributed by atoms with Crippen molar-refractivity contribution in [1.82, 2.24) is 0 Å². The average molecular weight is 960 g/mol. The van der Waals surface area contributed by atoms with Crippen molar-refractivity contribution >= 4 is 114 Å². The van der Waals surface area contributed by atoms with E-state index in [-0.39, 0.29) is 0 Å². The van der Waals surface area contributed by atoms with Gasteiger partial charge in [-0.2, -0.15) is 0 Å². The van der Waals surface area contributed by atoms with Gasteiger partial charge in [-0.1, -0.05) is 181 Å². The Kier molecular flexibility index (Phi) is 9.67. The van der Waals surface area contributed by atoms with Crippen LogP contribution in [-0.4, -0.2) is 0 Å². The molecule has 0 amide bonds. The zero-order chi connectivity index (χ0) is 43.8. The number of halogens is 2. The monoisotopic (exact) mass is 957 g/mol. The quantitative estimate of drug-likeness (QED) is 0.150. The lowest BCUT2D eigenvalue weighted by atomic mass is 9.84. The lowest BCUT2D eigenvalue weighted by Crippen LogP contribution is -2.11. The second-order valence-corrected chi connectivity index (χ2v) is 18.8. The smallest absolute Gasteiger partial charge is 0.0618 e. The molecule has 0 saturated heterocycles. The predicted molar refractivity (Wildman–Crippen MR) is 287 cm³/mol. The van der Waals surface area contributed by atoms with Gasteiger partial charge in [0.15, 0.2) is 0 Å². The molecule has 0 unspecified atom stereocenters. The van der Waals surface area contributed by atoms with E-state index < -0.39 is 0 Å². The number of fused-ring (bicyclic) bond motifs is 6. The van der Waals surface area contributed by atoms with Crippen LogP contribution in [-0.2, 0) is 0 Å². The number of hydrogen-bond acceptors (Lipinski definition) is 1. The highest BCUT2D eigenvalue weighted by atomic mass is 79.9. The molecule has 1 nitrogen and oxygen atoms in total. The van der Waals surface area contributed by atoms with Gasteiger partial charge < -0.3 is 4.90 Å². The van der Waals surface area contributed by atoms with Gasteiger partial charge in [0, 0.05) is 31.1 Å². The van der Waals surface area contributed by atoms with Gasteiger partial charge in [-0.05, 0) is 175 Å². The molecule has 0 N–H and O–H groups in total. The first-order valence-corrected chi connectivity index (χ1v) is 23.7. The second-order valence-electron chi connectivity index (χ2n) is 17.2. The van der Waals surface area contributed by atoms with Crippen LogP contribution in [0.25, 0.3) is 98.0 Å². The summed E-state index contributed by atoms with van der Waals surface area (Å²) in [5.74, 6) is 0. The van der Waals surface area contributed by atoms with Gasteiger partial charge >= 0.3 is 0 Å². The first-order chi connectivity index (χ1) is 31.9. The lowest BCUT2D eigenvalue weighted by Gasteiger charge is -2.30. The van der Waals surface area contributed by atoms with E-state index in [1.54, 1.807) is 0 Å². The van der Waals surface area contributed by atoms with E-state index in [4.69, 9.17) is 0 Å². The van der Waals surface area contributed by atoms with Crippen LogP contribution in [0.15, 0.2) is 221 Å². The molecule has 0 spiro atoms. The second kappa shape index (κ2) is 15.9. The lowest BCUT2D eigenvalue weighted by molar-refractivity contribution is 1.29. The Morgan fingerprint density at radius 1 is 0.277 bits per heavy atom. The van der Waals surface area contributed by atoms with Gasteiger partial charge in [-0.15, -0.1) is 0 Å². The molecule has 0 aliphatic rings. The van der Waals surface area contributed by atoms with Crippen molar-refractivity contribution in [3.63, 3.8) is 0 Å². The van der Waals surface area contributed by atoms with Crippen LogP contribution in [0.5, 0.6) is 0 Å². The summed E-state index contributed by atoms with van der Waals surface area (Å²) in [5.41, 5.74) is 13.0. The van der Waals surface area contributed by atoms with E-state index in [1.165, 1.54) is 115 Å². The standard InChI is InChI=1S/C62H41Br2N/c1-38-27-31-43(32-28-38)65(44-33-29-39(2)30-34-44)62-55-25-13-7-19-49(55)59(50-20-8-14-26-56(50)62)42-36-40(57-45-15-3-9-21-51(45)60(63)52-22-10-4-16-46(52)57)35-41(37-42)58-47-17-5-11-23-53(47)61(64)54-24-12-6-18-48(54)58/h3-37H,1-2H3. The Morgan fingerprint density at radius 2 is 0.508 bits per heavy atom. The number of anilines is 3. The molecule has 3 heteroatoms. The number of nitrogens with zero attached hydrogens (tertiary/aromatic N) is 1. The maximum absolute atomic E-state index is 4.06. The Bertz CT molecular complexity index is 3510. The minimum Gasteiger partial charge on any atom is -0.309 e. The number of benzene rings is 12. The molecule has 0 aliphatic carbocycles. The molecule has 0 aromatic heterocycles. The molecule has 0 atom stereocenters. The van der Waals surface area contributed by atoms with Crippen molar-refractivity contribution in [2.24, 2.45) is 0 Å². The molecular formula is C62H41Br2N. The van der Waals surface area contributed by atoms with Crippen LogP contribution in [0.1, 0.15) is 11.1 Å². The maximum atomic E-state index is 4.06. The van der Waals surface area contributed by atoms with Gasteiger partial charge in [0.05, 0.1) is 5.69 Å². The van der Waals surface area contributed by atoms with Gasteiger partial charge in [0.25, 0.3) is 0 Å². The summed E-state index contributed by atoms with van der Waals surface area (Å²) in [5, 5.41) is 14.4. The molecule has 0 radical (unpaired) electrons. The molecular weight excluding hydrogens is 918 g/mol. The molecule has 0 saturated carbocycles. The molecule has 65 heavy (non-hydrogen) atoms. The normalized spacial score (nSPS) is 11.7. The van der Waals surface area contributed by atoms with E-state index >= 15 is 0 Å². The van der Waals surface area contributed by atoms with Gasteiger partial charge in [0.1, 0.15) is 0 Å². The Labute approximate surface area is 395 Å². The van der Waals surface area contributed by atoms with E-state index in [0.29, 0.717) is 0 Å². The fourth-order valence-corrected chi connectivity index (χ4v) is 11.7. The highest BCUT2D eigenvalue weighted by Gasteiger charge is 2.24. The number of rotatable bonds is 6. The third-order valence-corrected chi connectivity index (χ3v) is 15.0. The summed E-state index contributed by atoms with van der Waals surface area (Å²) in [6, 6.07) is 78.6. The SMILES string of the molecule is Cc1ccc(N(c2ccc(C)cc2)c2c3ccccc3c(-c3cc(-c4c5ccccc5c(Br)c5ccccc45)cc(-c4c5ccccc5c(Br)c5ccccc45)c3)c3ccccc23)cc1. The van der Waals surface area contributed by atoms with Crippen LogP contribution in [0, 0.1) is 13.8 Å². The third kappa shape index (κ3) is 6.48. The van der Waals surface area contributed by atoms with E-state index in [9.17, 15) is 0 Å². The van der Waals surface area contributed by atoms with Crippen LogP contribution in [0.3, 0.4) is 0 Å². The highest BCUT2D eigenvalue weighted by molar-refractivity contribution is 9.11. The minimum atomic E-state index is 1.12. The predicted octanol–water partition coefficient (Wildman–Crippen LogP) is 19.2. The largest absolute Gasteiger partial charge is 0.309 e. The molecule has 0 fully saturated rings. The fourth-order valence-electron chi connectivity index (χ4n) is 10.3. The molecule has 0 bridgehead atoms. The van der Waals surface area contributed by atoms with Crippen molar-refractivity contribution in [2.45, 2.75) is 13.8 Å². The van der Waals surface area contributed by atoms with Crippen molar-refractivity contribution in [1.29, 1.82) is 0 Å². The summed E-state index contributed by atoms with van der Waals surface area (Å²) in [7, 11) is 0. The minimum absolute atomic E-state index is 1.12. The van der Waals surface area contributed by atoms with Gasteiger partial charge in [-0.25, -0.2) is 0 Å². The van der Waals surface area contributed by atoms with Crippen molar-refractivity contribution in [3.8, 4) is 33.4 Å². The van der Waals surface area contributed by atoms with E-state index in [0.717, 1.165) is 20.3 Å². The number of hydrogen-bond donors (Lipinski definition) is 0. The van der Waals surface area contributed by atoms with Crippen molar-refractivity contribution in [2.75, 3.05) is 4.90 Å². The van der Waals surface area contributed by atoms with Crippen LogP contribution in [0.4, 0.5) is 17.1 Å². The summed E-state index contributed by atoms with van der Waals surface area (Å²) in [4.78, 5) is 2.45. The van der Waals surface area contributed by atoms with Gasteiger partial charge in [-0.3, -0.25) is 0 Å². The zero-order valence-corrected chi connectivity index (χ0v) is 39.1. The number of aryl methyl sites for hydroxylation is 2. The van der Waals surface area contributed by atoms with Crippen molar-refractivity contribution in [3.05, 3.63) is 232 Å². The third-order valence-electron chi connectivity index (χ3n) is 13.2. The molecule has 0 aliphatic heterocycles. The van der Waals surface area contributed by atoms with Crippen LogP contribution in [0.2, 0.25) is 0 Å². The Hall–Kier alpha value is -7.04. The summed E-state index contributed by atoms with van der Waals surface area (Å²) < 4.78 is 2.24. The first kappa shape index (κ1) is 39.5. The molecule has 308 valence electrons. The maximum Gasteiger partial charge on any atom is 0.0618 e. The topological polar surface area (TPSA) is 3.24 Å². The summed E-state index contributed by atoms with van der Waals surface area (Å²) >= 11 is 8.11. The van der Waals surface area contributed by atoms with E-state index in [1.807, 2.05) is 0 Å². The van der Waals surface area contributed by atoms with Crippen molar-refractivity contribution < 1.29 is 0 Å². The van der Waals surface area contributed by atoms with Crippen LogP contribution >= 0.6 is 31.9 Å². The highest BCUT2D eigenvalue weighted by Crippen LogP contribution is 2.51. The molecule has 12 aromatic rings. The molecule has 0 heterocycles. The average Bonchev–Trinajstić information content (AvgIpc) is 3.35. The van der Waals surface area contributed by atoms with Crippen LogP contribution < -0.4 is 4.90 Å². The summed E-state index contributed by atoms with van der Waals surface area (Å²) in [6.07, 6.45) is 0. The first-order valence-electron chi connectivity index (χ1n) is 22.1. The summed E-state index contributed by atoms with van der Waals surface area (Å²) in [6.45, 7) is 4.31. The Morgan fingerprint density at radius 3 is 0.785 bits per heavy atom. The van der Waals surface area contributed by atoms with E-state index in [2.05, 4.69) is 263 Å². The zero-order valence-electron chi connectivity index (χ0n) is 35.9. The Balaban J connectivity index is 1.24. The fraction of sp³-hybridized carbons (Fsp3) is 0.0323. The molecule has 12 aromatic carbocycles. The molecule has 12 rings (SSSR count).